The molecule has 0 radical (unpaired) electrons. The molecule has 164 valence electrons. The van der Waals surface area contributed by atoms with Gasteiger partial charge >= 0.3 is 6.18 Å². The Morgan fingerprint density at radius 3 is 2.58 bits per heavy atom. The fourth-order valence-corrected chi connectivity index (χ4v) is 3.67. The van der Waals surface area contributed by atoms with Crippen LogP contribution in [0.5, 0.6) is 11.6 Å². The average Bonchev–Trinajstić information content (AvgIpc) is 3.13. The van der Waals surface area contributed by atoms with Crippen molar-refractivity contribution in [3.05, 3.63) is 58.7 Å². The van der Waals surface area contributed by atoms with Crippen LogP contribution in [0.2, 0.25) is 0 Å². The number of halogens is 3. The summed E-state index contributed by atoms with van der Waals surface area (Å²) in [7, 11) is 0. The second kappa shape index (κ2) is 9.78. The smallest absolute Gasteiger partial charge is 0.422 e. The van der Waals surface area contributed by atoms with E-state index in [0.717, 1.165) is 11.3 Å². The summed E-state index contributed by atoms with van der Waals surface area (Å²) in [5.41, 5.74) is 1.76. The van der Waals surface area contributed by atoms with E-state index in [2.05, 4.69) is 15.3 Å². The average molecular weight is 451 g/mol. The summed E-state index contributed by atoms with van der Waals surface area (Å²) in [4.78, 5) is 21.4. The van der Waals surface area contributed by atoms with E-state index in [1.807, 2.05) is 31.2 Å². The predicted molar refractivity (Wildman–Crippen MR) is 110 cm³/mol. The number of hydrogen-bond donors (Lipinski definition) is 1. The Labute approximate surface area is 181 Å². The molecule has 0 spiro atoms. The molecule has 0 unspecified atom stereocenters. The highest BCUT2D eigenvalue weighted by molar-refractivity contribution is 7.17. The van der Waals surface area contributed by atoms with Gasteiger partial charge in [0.2, 0.25) is 5.88 Å². The minimum Gasteiger partial charge on any atom is -0.494 e. The molecular formula is C21H20F3N3O3S. The Hall–Kier alpha value is -3.14. The van der Waals surface area contributed by atoms with Gasteiger partial charge < -0.3 is 14.8 Å². The van der Waals surface area contributed by atoms with E-state index in [-0.39, 0.29) is 18.3 Å². The van der Waals surface area contributed by atoms with Crippen LogP contribution in [-0.4, -0.2) is 35.3 Å². The Bertz CT molecular complexity index is 1040. The Kier molecular flexibility index (Phi) is 7.11. The number of benzene rings is 1. The summed E-state index contributed by atoms with van der Waals surface area (Å²) in [6.45, 7) is 2.71. The molecule has 0 fully saturated rings. The lowest BCUT2D eigenvalue weighted by molar-refractivity contribution is -0.154. The molecule has 3 rings (SSSR count). The molecule has 3 aromatic rings. The van der Waals surface area contributed by atoms with E-state index in [1.165, 1.54) is 17.5 Å². The summed E-state index contributed by atoms with van der Waals surface area (Å²) in [6, 6.07) is 10.5. The number of ether oxygens (including phenoxy) is 2. The summed E-state index contributed by atoms with van der Waals surface area (Å²) >= 11 is 1.23. The summed E-state index contributed by atoms with van der Waals surface area (Å²) < 4.78 is 47.4. The van der Waals surface area contributed by atoms with Crippen LogP contribution in [-0.2, 0) is 6.54 Å². The van der Waals surface area contributed by atoms with Crippen molar-refractivity contribution >= 4 is 17.2 Å². The Balaban J connectivity index is 1.68. The first-order valence-corrected chi connectivity index (χ1v) is 10.2. The first kappa shape index (κ1) is 22.5. The molecule has 2 aromatic heterocycles. The Morgan fingerprint density at radius 2 is 1.90 bits per heavy atom. The number of aryl methyl sites for hydroxylation is 1. The molecule has 0 bridgehead atoms. The monoisotopic (exact) mass is 451 g/mol. The number of alkyl halides is 3. The van der Waals surface area contributed by atoms with Crippen molar-refractivity contribution in [2.24, 2.45) is 0 Å². The maximum Gasteiger partial charge on any atom is 0.422 e. The fraction of sp³-hybridized carbons (Fsp3) is 0.286. The minimum absolute atomic E-state index is 0.0322. The maximum absolute atomic E-state index is 12.6. The van der Waals surface area contributed by atoms with Gasteiger partial charge in [0.1, 0.15) is 15.6 Å². The van der Waals surface area contributed by atoms with Crippen molar-refractivity contribution in [3.63, 3.8) is 0 Å². The normalized spacial score (nSPS) is 11.3. The highest BCUT2D eigenvalue weighted by atomic mass is 32.1. The van der Waals surface area contributed by atoms with Crippen LogP contribution in [0.25, 0.3) is 10.6 Å². The van der Waals surface area contributed by atoms with Crippen LogP contribution in [0.3, 0.4) is 0 Å². The standard InChI is InChI=1S/C21H20F3N3O3S/c1-3-29-16-8-6-14(7-9-16)20-27-13(2)17(31-20)18(28)26-11-15-5-4-10-25-19(15)30-12-21(22,23)24/h4-10H,3,11-12H2,1-2H3,(H,26,28). The molecule has 10 heteroatoms. The SMILES string of the molecule is CCOc1ccc(-c2nc(C)c(C(=O)NCc3cccnc3OCC(F)(F)F)s2)cc1. The zero-order valence-electron chi connectivity index (χ0n) is 16.8. The Morgan fingerprint density at radius 1 is 1.16 bits per heavy atom. The molecule has 1 aromatic carbocycles. The van der Waals surface area contributed by atoms with E-state index < -0.39 is 12.8 Å². The minimum atomic E-state index is -4.48. The van der Waals surface area contributed by atoms with Gasteiger partial charge in [-0.3, -0.25) is 4.79 Å². The van der Waals surface area contributed by atoms with Crippen LogP contribution in [0.1, 0.15) is 27.9 Å². The quantitative estimate of drug-likeness (QED) is 0.534. The lowest BCUT2D eigenvalue weighted by atomic mass is 10.2. The number of aromatic nitrogens is 2. The van der Waals surface area contributed by atoms with Crippen LogP contribution in [0, 0.1) is 6.92 Å². The molecule has 0 saturated carbocycles. The van der Waals surface area contributed by atoms with Crippen LogP contribution in [0.4, 0.5) is 13.2 Å². The van der Waals surface area contributed by atoms with Crippen LogP contribution in [0.15, 0.2) is 42.6 Å². The van der Waals surface area contributed by atoms with Gasteiger partial charge in [0, 0.05) is 23.9 Å². The molecule has 0 atom stereocenters. The van der Waals surface area contributed by atoms with Gasteiger partial charge in [0.15, 0.2) is 6.61 Å². The van der Waals surface area contributed by atoms with E-state index in [0.29, 0.717) is 27.7 Å². The number of nitrogens with zero attached hydrogens (tertiary/aromatic N) is 2. The highest BCUT2D eigenvalue weighted by Crippen LogP contribution is 2.29. The molecule has 1 amide bonds. The van der Waals surface area contributed by atoms with Gasteiger partial charge in [-0.05, 0) is 44.2 Å². The lowest BCUT2D eigenvalue weighted by Crippen LogP contribution is -2.24. The molecule has 0 aliphatic carbocycles. The molecular weight excluding hydrogens is 431 g/mol. The zero-order chi connectivity index (χ0) is 22.4. The van der Waals surface area contributed by atoms with E-state index in [9.17, 15) is 18.0 Å². The number of carbonyl (C=O) groups excluding carboxylic acids is 1. The van der Waals surface area contributed by atoms with Crippen molar-refractivity contribution in [3.8, 4) is 22.2 Å². The largest absolute Gasteiger partial charge is 0.494 e. The van der Waals surface area contributed by atoms with Crippen molar-refractivity contribution < 1.29 is 27.4 Å². The second-order valence-corrected chi connectivity index (χ2v) is 7.44. The van der Waals surface area contributed by atoms with Crippen molar-refractivity contribution in [1.82, 2.24) is 15.3 Å². The number of hydrogen-bond acceptors (Lipinski definition) is 6. The predicted octanol–water partition coefficient (Wildman–Crippen LogP) is 4.78. The molecule has 31 heavy (non-hydrogen) atoms. The second-order valence-electron chi connectivity index (χ2n) is 6.45. The van der Waals surface area contributed by atoms with Gasteiger partial charge in [-0.1, -0.05) is 6.07 Å². The molecule has 1 N–H and O–H groups in total. The molecule has 0 saturated heterocycles. The topological polar surface area (TPSA) is 73.3 Å². The highest BCUT2D eigenvalue weighted by Gasteiger charge is 2.29. The van der Waals surface area contributed by atoms with E-state index >= 15 is 0 Å². The third-order valence-electron chi connectivity index (χ3n) is 4.08. The number of nitrogens with one attached hydrogen (secondary N) is 1. The van der Waals surface area contributed by atoms with Gasteiger partial charge in [0.05, 0.1) is 12.3 Å². The number of thiazole rings is 1. The number of rotatable bonds is 8. The van der Waals surface area contributed by atoms with E-state index in [4.69, 9.17) is 9.47 Å². The lowest BCUT2D eigenvalue weighted by Gasteiger charge is -2.12. The first-order chi connectivity index (χ1) is 14.8. The summed E-state index contributed by atoms with van der Waals surface area (Å²) in [5.74, 6) is 0.201. The van der Waals surface area contributed by atoms with Crippen molar-refractivity contribution in [2.45, 2.75) is 26.6 Å². The third-order valence-corrected chi connectivity index (χ3v) is 5.28. The summed E-state index contributed by atoms with van der Waals surface area (Å²) in [6.07, 6.45) is -3.15. The third kappa shape index (κ3) is 6.17. The van der Waals surface area contributed by atoms with Gasteiger partial charge in [-0.25, -0.2) is 9.97 Å². The fourth-order valence-electron chi connectivity index (χ4n) is 2.69. The maximum atomic E-state index is 12.6. The number of amides is 1. The van der Waals surface area contributed by atoms with Gasteiger partial charge in [0.25, 0.3) is 5.91 Å². The van der Waals surface area contributed by atoms with Crippen LogP contribution >= 0.6 is 11.3 Å². The van der Waals surface area contributed by atoms with Crippen molar-refractivity contribution in [1.29, 1.82) is 0 Å². The van der Waals surface area contributed by atoms with Crippen LogP contribution < -0.4 is 14.8 Å². The van der Waals surface area contributed by atoms with E-state index in [1.54, 1.807) is 19.1 Å². The molecule has 6 nitrogen and oxygen atoms in total. The molecule has 2 heterocycles. The van der Waals surface area contributed by atoms with Crippen molar-refractivity contribution in [2.75, 3.05) is 13.2 Å². The van der Waals surface area contributed by atoms with Gasteiger partial charge in [-0.2, -0.15) is 13.2 Å². The number of carbonyl (C=O) groups is 1. The molecule has 0 aliphatic heterocycles. The van der Waals surface area contributed by atoms with Gasteiger partial charge in [-0.15, -0.1) is 11.3 Å². The number of pyridine rings is 1. The molecule has 0 aliphatic rings. The first-order valence-electron chi connectivity index (χ1n) is 9.39. The summed E-state index contributed by atoms with van der Waals surface area (Å²) in [5, 5.41) is 3.38. The zero-order valence-corrected chi connectivity index (χ0v) is 17.6.